The number of ether oxygens (including phenoxy) is 2. The molecule has 1 aliphatic rings. The van der Waals surface area contributed by atoms with Crippen LogP contribution in [0.5, 0.6) is 5.75 Å². The molecule has 10 heteroatoms. The normalized spacial score (nSPS) is 14.4. The SMILES string of the molecule is CCc1ccc(N2C(=O)/C(=C/c3cc(Br)c(OCc4ccccc4Cl)c(Br)c3)N(CC(=O)OC)C2=S)cc1. The first-order valence-electron chi connectivity index (χ1n) is 11.6. The lowest BCUT2D eigenvalue weighted by Gasteiger charge is -2.19. The molecule has 38 heavy (non-hydrogen) atoms. The molecule has 0 spiro atoms. The second-order valence-corrected chi connectivity index (χ2v) is 10.8. The highest BCUT2D eigenvalue weighted by molar-refractivity contribution is 9.11. The molecule has 0 N–H and O–H groups in total. The summed E-state index contributed by atoms with van der Waals surface area (Å²) in [5, 5.41) is 0.824. The lowest BCUT2D eigenvalue weighted by Crippen LogP contribution is -2.35. The number of halogens is 3. The second-order valence-electron chi connectivity index (χ2n) is 8.33. The van der Waals surface area contributed by atoms with Gasteiger partial charge in [0, 0.05) is 10.6 Å². The van der Waals surface area contributed by atoms with Gasteiger partial charge in [-0.25, -0.2) is 0 Å². The number of thiocarbonyl (C=S) groups is 1. The fourth-order valence-electron chi connectivity index (χ4n) is 3.86. The maximum atomic E-state index is 13.6. The Morgan fingerprint density at radius 2 is 1.74 bits per heavy atom. The summed E-state index contributed by atoms with van der Waals surface area (Å²) in [5.41, 5.74) is 3.57. The lowest BCUT2D eigenvalue weighted by atomic mass is 10.1. The maximum Gasteiger partial charge on any atom is 0.325 e. The number of nitrogens with zero attached hydrogens (tertiary/aromatic N) is 2. The number of carbonyl (C=O) groups excluding carboxylic acids is 2. The Bertz CT molecular complexity index is 1410. The molecule has 3 aromatic carbocycles. The first-order valence-corrected chi connectivity index (χ1v) is 14.0. The van der Waals surface area contributed by atoms with Crippen molar-refractivity contribution >= 4 is 84.4 Å². The van der Waals surface area contributed by atoms with E-state index in [4.69, 9.17) is 33.3 Å². The highest BCUT2D eigenvalue weighted by atomic mass is 79.9. The molecule has 1 aliphatic heterocycles. The van der Waals surface area contributed by atoms with Crippen LogP contribution in [0.1, 0.15) is 23.6 Å². The zero-order valence-corrected chi connectivity index (χ0v) is 25.3. The number of amides is 1. The Morgan fingerprint density at radius 1 is 1.08 bits per heavy atom. The Kier molecular flexibility index (Phi) is 9.25. The lowest BCUT2D eigenvalue weighted by molar-refractivity contribution is -0.140. The third-order valence-electron chi connectivity index (χ3n) is 5.91. The predicted octanol–water partition coefficient (Wildman–Crippen LogP) is 7.15. The van der Waals surface area contributed by atoms with Crippen LogP contribution in [-0.2, 0) is 27.4 Å². The monoisotopic (exact) mass is 676 g/mol. The van der Waals surface area contributed by atoms with Gasteiger partial charge in [0.25, 0.3) is 5.91 Å². The van der Waals surface area contributed by atoms with E-state index in [2.05, 4.69) is 38.8 Å². The van der Waals surface area contributed by atoms with E-state index in [1.807, 2.05) is 60.7 Å². The summed E-state index contributed by atoms with van der Waals surface area (Å²) in [6.07, 6.45) is 2.56. The quantitative estimate of drug-likeness (QED) is 0.143. The highest BCUT2D eigenvalue weighted by Gasteiger charge is 2.40. The summed E-state index contributed by atoms with van der Waals surface area (Å²) < 4.78 is 12.2. The summed E-state index contributed by atoms with van der Waals surface area (Å²) in [6, 6.07) is 18.7. The van der Waals surface area contributed by atoms with Gasteiger partial charge in [0.1, 0.15) is 24.6 Å². The topological polar surface area (TPSA) is 59.1 Å². The van der Waals surface area contributed by atoms with Crippen LogP contribution in [0.2, 0.25) is 5.02 Å². The molecule has 1 amide bonds. The number of aryl methyl sites for hydroxylation is 1. The Labute approximate surface area is 248 Å². The van der Waals surface area contributed by atoms with Crippen LogP contribution >= 0.6 is 55.7 Å². The fourth-order valence-corrected chi connectivity index (χ4v) is 5.85. The summed E-state index contributed by atoms with van der Waals surface area (Å²) in [6.45, 7) is 2.14. The van der Waals surface area contributed by atoms with Crippen molar-refractivity contribution in [2.45, 2.75) is 20.0 Å². The maximum absolute atomic E-state index is 13.6. The zero-order chi connectivity index (χ0) is 27.4. The van der Waals surface area contributed by atoms with Crippen LogP contribution in [0.3, 0.4) is 0 Å². The van der Waals surface area contributed by atoms with Crippen molar-refractivity contribution in [2.24, 2.45) is 0 Å². The van der Waals surface area contributed by atoms with Crippen molar-refractivity contribution in [3.05, 3.63) is 97.0 Å². The van der Waals surface area contributed by atoms with Gasteiger partial charge in [0.05, 0.1) is 21.7 Å². The largest absolute Gasteiger partial charge is 0.486 e. The molecular weight excluding hydrogens is 656 g/mol. The number of benzene rings is 3. The van der Waals surface area contributed by atoms with E-state index in [-0.39, 0.29) is 29.9 Å². The van der Waals surface area contributed by atoms with Crippen LogP contribution in [0, 0.1) is 0 Å². The van der Waals surface area contributed by atoms with Gasteiger partial charge in [-0.2, -0.15) is 0 Å². The van der Waals surface area contributed by atoms with Gasteiger partial charge < -0.3 is 14.4 Å². The van der Waals surface area contributed by atoms with Gasteiger partial charge in [-0.3, -0.25) is 14.5 Å². The molecule has 1 fully saturated rings. The van der Waals surface area contributed by atoms with Crippen LogP contribution in [-0.4, -0.2) is 35.5 Å². The third kappa shape index (κ3) is 6.12. The van der Waals surface area contributed by atoms with Crippen molar-refractivity contribution in [1.82, 2.24) is 4.90 Å². The van der Waals surface area contributed by atoms with Crippen LogP contribution in [0.4, 0.5) is 5.69 Å². The van der Waals surface area contributed by atoms with Crippen LogP contribution < -0.4 is 9.64 Å². The number of methoxy groups -OCH3 is 1. The Hall–Kier alpha value is -2.72. The van der Waals surface area contributed by atoms with E-state index in [9.17, 15) is 9.59 Å². The van der Waals surface area contributed by atoms with Gasteiger partial charge >= 0.3 is 5.97 Å². The van der Waals surface area contributed by atoms with E-state index in [1.165, 1.54) is 16.9 Å². The van der Waals surface area contributed by atoms with Crippen LogP contribution in [0.25, 0.3) is 6.08 Å². The molecule has 196 valence electrons. The van der Waals surface area contributed by atoms with Gasteiger partial charge in [-0.15, -0.1) is 0 Å². The molecule has 0 unspecified atom stereocenters. The summed E-state index contributed by atoms with van der Waals surface area (Å²) >= 11 is 19.0. The minimum atomic E-state index is -0.514. The molecule has 6 nitrogen and oxygen atoms in total. The third-order valence-corrected chi connectivity index (χ3v) is 7.86. The summed E-state index contributed by atoms with van der Waals surface area (Å²) in [4.78, 5) is 28.7. The second kappa shape index (κ2) is 12.4. The average Bonchev–Trinajstić information content (AvgIpc) is 3.12. The number of carbonyl (C=O) groups is 2. The van der Waals surface area contributed by atoms with E-state index in [0.717, 1.165) is 17.5 Å². The number of esters is 1. The van der Waals surface area contributed by atoms with E-state index >= 15 is 0 Å². The molecule has 0 bridgehead atoms. The van der Waals surface area contributed by atoms with Gasteiger partial charge in [-0.1, -0.05) is 48.9 Å². The molecule has 0 aliphatic carbocycles. The zero-order valence-electron chi connectivity index (χ0n) is 20.5. The van der Waals surface area contributed by atoms with Gasteiger partial charge in [-0.05, 0) is 98.0 Å². The van der Waals surface area contributed by atoms with E-state index in [1.54, 1.807) is 6.08 Å². The van der Waals surface area contributed by atoms with Crippen molar-refractivity contribution in [2.75, 3.05) is 18.6 Å². The molecule has 0 aromatic heterocycles. The highest BCUT2D eigenvalue weighted by Crippen LogP contribution is 2.37. The number of hydrogen-bond donors (Lipinski definition) is 0. The number of rotatable bonds is 8. The van der Waals surface area contributed by atoms with E-state index < -0.39 is 5.97 Å². The molecule has 0 atom stereocenters. The smallest absolute Gasteiger partial charge is 0.325 e. The average molecular weight is 679 g/mol. The molecule has 3 aromatic rings. The number of anilines is 1. The minimum Gasteiger partial charge on any atom is -0.486 e. The molecule has 1 saturated heterocycles. The first-order chi connectivity index (χ1) is 18.2. The van der Waals surface area contributed by atoms with Crippen LogP contribution in [0.15, 0.2) is 75.3 Å². The van der Waals surface area contributed by atoms with Gasteiger partial charge in [0.15, 0.2) is 5.11 Å². The predicted molar refractivity (Wildman–Crippen MR) is 160 cm³/mol. The van der Waals surface area contributed by atoms with Crippen molar-refractivity contribution in [3.8, 4) is 5.75 Å². The van der Waals surface area contributed by atoms with E-state index in [0.29, 0.717) is 31.0 Å². The fraction of sp³-hybridized carbons (Fsp3) is 0.179. The van der Waals surface area contributed by atoms with Crippen molar-refractivity contribution in [1.29, 1.82) is 0 Å². The minimum absolute atomic E-state index is 0.197. The molecule has 1 heterocycles. The Balaban J connectivity index is 1.66. The van der Waals surface area contributed by atoms with Gasteiger partial charge in [0.2, 0.25) is 0 Å². The summed E-state index contributed by atoms with van der Waals surface area (Å²) in [7, 11) is 1.30. The molecule has 0 radical (unpaired) electrons. The molecule has 4 rings (SSSR count). The Morgan fingerprint density at radius 3 is 2.34 bits per heavy atom. The van der Waals surface area contributed by atoms with Crippen molar-refractivity contribution < 1.29 is 19.1 Å². The number of hydrogen-bond acceptors (Lipinski definition) is 5. The van der Waals surface area contributed by atoms with Crippen molar-refractivity contribution in [3.63, 3.8) is 0 Å². The molecular formula is C28H23Br2ClN2O4S. The summed E-state index contributed by atoms with van der Waals surface area (Å²) in [5.74, 6) is -0.265. The standard InChI is InChI=1S/C28H23Br2ClN2O4S/c1-3-17-8-10-20(11-9-17)33-27(35)24(32(28(33)38)15-25(34)36-2)14-18-12-21(29)26(22(30)13-18)37-16-19-6-4-5-7-23(19)31/h4-14H,3,15-16H2,1-2H3/b24-14-. The molecule has 0 saturated carbocycles. The first kappa shape index (κ1) is 28.3.